The van der Waals surface area contributed by atoms with E-state index in [0.29, 0.717) is 12.2 Å². The predicted molar refractivity (Wildman–Crippen MR) is 60.0 cm³/mol. The summed E-state index contributed by atoms with van der Waals surface area (Å²) < 4.78 is 0. The highest BCUT2D eigenvalue weighted by atomic mass is 16.4. The lowest BCUT2D eigenvalue weighted by atomic mass is 10.2. The van der Waals surface area contributed by atoms with E-state index in [2.05, 4.69) is 0 Å². The number of aromatic hydroxyl groups is 1. The Kier molecular flexibility index (Phi) is 7.06. The van der Waals surface area contributed by atoms with Gasteiger partial charge in [-0.1, -0.05) is 31.0 Å². The second-order valence-electron chi connectivity index (χ2n) is 3.33. The summed E-state index contributed by atoms with van der Waals surface area (Å²) in [6, 6.07) is 7.09. The third-order valence-electron chi connectivity index (χ3n) is 1.78. The summed E-state index contributed by atoms with van der Waals surface area (Å²) in [5, 5.41) is 16.8. The van der Waals surface area contributed by atoms with Gasteiger partial charge in [0.15, 0.2) is 0 Å². The van der Waals surface area contributed by atoms with Crippen LogP contribution in [-0.4, -0.2) is 16.2 Å². The second kappa shape index (κ2) is 7.85. The monoisotopic (exact) mass is 210 g/mol. The standard InChI is InChI=1S/C7H8O.C5H10O2/c1-6-2-4-7(8)5-3-6;1-2-3-4-5(6)7/h2-5,8H,1H3;2-4H2,1H3,(H,6,7). The Morgan fingerprint density at radius 3 is 2.07 bits per heavy atom. The molecule has 2 N–H and O–H groups in total. The molecule has 0 unspecified atom stereocenters. The van der Waals surface area contributed by atoms with Crippen LogP contribution in [0.3, 0.4) is 0 Å². The van der Waals surface area contributed by atoms with Crippen molar-refractivity contribution in [3.63, 3.8) is 0 Å². The molecule has 0 aliphatic carbocycles. The zero-order valence-corrected chi connectivity index (χ0v) is 9.23. The molecule has 0 aliphatic rings. The molecule has 0 fully saturated rings. The highest BCUT2D eigenvalue weighted by molar-refractivity contribution is 5.66. The lowest BCUT2D eigenvalue weighted by Crippen LogP contribution is -1.91. The maximum atomic E-state index is 9.76. The molecule has 0 spiro atoms. The average Bonchev–Trinajstić information content (AvgIpc) is 2.20. The van der Waals surface area contributed by atoms with Gasteiger partial charge in [0.25, 0.3) is 0 Å². The number of benzene rings is 1. The van der Waals surface area contributed by atoms with Crippen molar-refractivity contribution in [3.05, 3.63) is 29.8 Å². The lowest BCUT2D eigenvalue weighted by molar-refractivity contribution is -0.137. The van der Waals surface area contributed by atoms with E-state index >= 15 is 0 Å². The smallest absolute Gasteiger partial charge is 0.303 e. The van der Waals surface area contributed by atoms with Crippen LogP contribution in [0.4, 0.5) is 0 Å². The Morgan fingerprint density at radius 2 is 1.80 bits per heavy atom. The van der Waals surface area contributed by atoms with Crippen LogP contribution in [0, 0.1) is 6.92 Å². The van der Waals surface area contributed by atoms with E-state index in [0.717, 1.165) is 12.8 Å². The van der Waals surface area contributed by atoms with Crippen molar-refractivity contribution in [2.45, 2.75) is 33.1 Å². The van der Waals surface area contributed by atoms with Gasteiger partial charge in [-0.2, -0.15) is 0 Å². The molecule has 0 amide bonds. The van der Waals surface area contributed by atoms with Crippen molar-refractivity contribution in [1.82, 2.24) is 0 Å². The van der Waals surface area contributed by atoms with Gasteiger partial charge in [0.1, 0.15) is 5.75 Å². The summed E-state index contributed by atoms with van der Waals surface area (Å²) >= 11 is 0. The van der Waals surface area contributed by atoms with Gasteiger partial charge in [0, 0.05) is 6.42 Å². The number of unbranched alkanes of at least 4 members (excludes halogenated alkanes) is 1. The van der Waals surface area contributed by atoms with E-state index in [4.69, 9.17) is 10.2 Å². The molecule has 0 aliphatic heterocycles. The summed E-state index contributed by atoms with van der Waals surface area (Å²) in [7, 11) is 0. The number of aryl methyl sites for hydroxylation is 1. The van der Waals surface area contributed by atoms with Gasteiger partial charge < -0.3 is 10.2 Å². The summed E-state index contributed by atoms with van der Waals surface area (Å²) in [4.78, 5) is 9.76. The third-order valence-corrected chi connectivity index (χ3v) is 1.78. The molecular weight excluding hydrogens is 192 g/mol. The molecule has 0 radical (unpaired) electrons. The molecule has 0 saturated carbocycles. The molecule has 1 rings (SSSR count). The number of hydrogen-bond acceptors (Lipinski definition) is 2. The maximum Gasteiger partial charge on any atom is 0.303 e. The van der Waals surface area contributed by atoms with Crippen LogP contribution < -0.4 is 0 Å². The van der Waals surface area contributed by atoms with E-state index < -0.39 is 5.97 Å². The predicted octanol–water partition coefficient (Wildman–Crippen LogP) is 2.96. The SMILES string of the molecule is CCCCC(=O)O.Cc1ccc(O)cc1. The summed E-state index contributed by atoms with van der Waals surface area (Å²) in [6.07, 6.45) is 2.08. The minimum atomic E-state index is -0.693. The molecule has 15 heavy (non-hydrogen) atoms. The fourth-order valence-corrected chi connectivity index (χ4v) is 0.873. The third kappa shape index (κ3) is 8.81. The van der Waals surface area contributed by atoms with Gasteiger partial charge in [0.2, 0.25) is 0 Å². The normalized spacial score (nSPS) is 8.93. The van der Waals surface area contributed by atoms with Crippen molar-refractivity contribution in [3.8, 4) is 5.75 Å². The van der Waals surface area contributed by atoms with Gasteiger partial charge in [-0.05, 0) is 25.5 Å². The first-order chi connectivity index (χ1) is 7.06. The Labute approximate surface area is 90.4 Å². The fourth-order valence-electron chi connectivity index (χ4n) is 0.873. The van der Waals surface area contributed by atoms with Crippen molar-refractivity contribution < 1.29 is 15.0 Å². The fraction of sp³-hybridized carbons (Fsp3) is 0.417. The van der Waals surface area contributed by atoms with Crippen molar-refractivity contribution in [1.29, 1.82) is 0 Å². The van der Waals surface area contributed by atoms with Crippen LogP contribution >= 0.6 is 0 Å². The summed E-state index contributed by atoms with van der Waals surface area (Å²) in [5.41, 5.74) is 1.17. The zero-order chi connectivity index (χ0) is 11.7. The molecule has 84 valence electrons. The number of carbonyl (C=O) groups is 1. The Bertz CT molecular complexity index is 256. The first-order valence-corrected chi connectivity index (χ1v) is 5.03. The van der Waals surface area contributed by atoms with E-state index in [1.54, 1.807) is 12.1 Å². The molecule has 0 heterocycles. The highest BCUT2D eigenvalue weighted by Gasteiger charge is 1.90. The molecule has 0 atom stereocenters. The number of phenols is 1. The van der Waals surface area contributed by atoms with Gasteiger partial charge in [-0.15, -0.1) is 0 Å². The first-order valence-electron chi connectivity index (χ1n) is 5.03. The van der Waals surface area contributed by atoms with Gasteiger partial charge in [-0.3, -0.25) is 4.79 Å². The van der Waals surface area contributed by atoms with Crippen LogP contribution in [0.5, 0.6) is 5.75 Å². The number of hydrogen-bond donors (Lipinski definition) is 2. The number of carboxylic acids is 1. The van der Waals surface area contributed by atoms with Crippen LogP contribution in [0.25, 0.3) is 0 Å². The van der Waals surface area contributed by atoms with Gasteiger partial charge in [0.05, 0.1) is 0 Å². The van der Waals surface area contributed by atoms with Gasteiger partial charge in [-0.25, -0.2) is 0 Å². The number of aliphatic carboxylic acids is 1. The van der Waals surface area contributed by atoms with Crippen molar-refractivity contribution in [2.24, 2.45) is 0 Å². The Morgan fingerprint density at radius 1 is 1.27 bits per heavy atom. The van der Waals surface area contributed by atoms with Crippen LogP contribution in [0.1, 0.15) is 31.7 Å². The summed E-state index contributed by atoms with van der Waals surface area (Å²) in [5.74, 6) is -0.363. The number of rotatable bonds is 3. The van der Waals surface area contributed by atoms with E-state index in [-0.39, 0.29) is 0 Å². The largest absolute Gasteiger partial charge is 0.508 e. The molecule has 1 aromatic carbocycles. The molecule has 0 saturated heterocycles. The molecule has 0 bridgehead atoms. The maximum absolute atomic E-state index is 9.76. The first kappa shape index (κ1) is 13.5. The van der Waals surface area contributed by atoms with Crippen molar-refractivity contribution in [2.75, 3.05) is 0 Å². The topological polar surface area (TPSA) is 57.5 Å². The molecular formula is C12H18O3. The summed E-state index contributed by atoms with van der Waals surface area (Å²) in [6.45, 7) is 3.96. The van der Waals surface area contributed by atoms with E-state index in [9.17, 15) is 4.79 Å². The Hall–Kier alpha value is -1.51. The van der Waals surface area contributed by atoms with E-state index in [1.165, 1.54) is 5.56 Å². The molecule has 3 heteroatoms. The lowest BCUT2D eigenvalue weighted by Gasteiger charge is -1.89. The minimum absolute atomic E-state index is 0.316. The van der Waals surface area contributed by atoms with Crippen molar-refractivity contribution >= 4 is 5.97 Å². The van der Waals surface area contributed by atoms with Crippen LogP contribution in [-0.2, 0) is 4.79 Å². The molecule has 3 nitrogen and oxygen atoms in total. The minimum Gasteiger partial charge on any atom is -0.508 e. The van der Waals surface area contributed by atoms with Crippen LogP contribution in [0.15, 0.2) is 24.3 Å². The number of phenolic OH excluding ortho intramolecular Hbond substituents is 1. The highest BCUT2D eigenvalue weighted by Crippen LogP contribution is 2.07. The Balaban J connectivity index is 0.000000265. The quantitative estimate of drug-likeness (QED) is 0.806. The van der Waals surface area contributed by atoms with Gasteiger partial charge >= 0.3 is 5.97 Å². The van der Waals surface area contributed by atoms with E-state index in [1.807, 2.05) is 26.0 Å². The van der Waals surface area contributed by atoms with Crippen LogP contribution in [0.2, 0.25) is 0 Å². The second-order valence-corrected chi connectivity index (χ2v) is 3.33. The zero-order valence-electron chi connectivity index (χ0n) is 9.23. The molecule has 0 aromatic heterocycles. The molecule has 1 aromatic rings. The average molecular weight is 210 g/mol. The number of carboxylic acid groups (broad SMARTS) is 1.